The van der Waals surface area contributed by atoms with E-state index in [2.05, 4.69) is 10.1 Å². The van der Waals surface area contributed by atoms with Crippen molar-refractivity contribution in [2.24, 2.45) is 5.73 Å². The molecule has 1 unspecified atom stereocenters. The van der Waals surface area contributed by atoms with Crippen LogP contribution in [0, 0.1) is 0 Å². The number of hydrogen-bond donors (Lipinski definition) is 2. The molecule has 1 atom stereocenters. The van der Waals surface area contributed by atoms with Gasteiger partial charge in [-0.05, 0) is 13.3 Å². The molecular formula is C9H14N2O3S. The van der Waals surface area contributed by atoms with Crippen LogP contribution in [0.25, 0.3) is 0 Å². The standard InChI is InChI=1S/C9H14N2O3S/c1-3-14-9(13)11-8(12)6-4-5(2)15-7(6)10/h5H,3-4,10H2,1-2H3,(H,11,12,13). The predicted molar refractivity (Wildman–Crippen MR) is 58.0 cm³/mol. The lowest BCUT2D eigenvalue weighted by molar-refractivity contribution is -0.117. The summed E-state index contributed by atoms with van der Waals surface area (Å²) in [5, 5.41) is 2.90. The van der Waals surface area contributed by atoms with E-state index < -0.39 is 12.0 Å². The average Bonchev–Trinajstić information content (AvgIpc) is 2.45. The molecule has 3 N–H and O–H groups in total. The van der Waals surface area contributed by atoms with Crippen molar-refractivity contribution in [2.75, 3.05) is 6.61 Å². The van der Waals surface area contributed by atoms with Crippen molar-refractivity contribution in [3.63, 3.8) is 0 Å². The van der Waals surface area contributed by atoms with Gasteiger partial charge in [0.1, 0.15) is 0 Å². The third-order valence-electron chi connectivity index (χ3n) is 1.88. The number of hydrogen-bond acceptors (Lipinski definition) is 5. The molecule has 0 bridgehead atoms. The topological polar surface area (TPSA) is 81.4 Å². The number of imide groups is 1. The summed E-state index contributed by atoms with van der Waals surface area (Å²) in [6.45, 7) is 3.88. The van der Waals surface area contributed by atoms with Crippen LogP contribution in [0.3, 0.4) is 0 Å². The molecule has 15 heavy (non-hydrogen) atoms. The largest absolute Gasteiger partial charge is 0.450 e. The van der Waals surface area contributed by atoms with E-state index in [1.807, 2.05) is 6.92 Å². The molecule has 5 nitrogen and oxygen atoms in total. The molecule has 0 fully saturated rings. The molecule has 0 saturated heterocycles. The maximum Gasteiger partial charge on any atom is 0.414 e. The number of rotatable bonds is 2. The zero-order chi connectivity index (χ0) is 11.4. The van der Waals surface area contributed by atoms with Crippen LogP contribution in [0.4, 0.5) is 4.79 Å². The molecule has 0 aromatic carbocycles. The van der Waals surface area contributed by atoms with Crippen LogP contribution in [-0.4, -0.2) is 23.9 Å². The highest BCUT2D eigenvalue weighted by atomic mass is 32.2. The van der Waals surface area contributed by atoms with Gasteiger partial charge < -0.3 is 10.5 Å². The fourth-order valence-corrected chi connectivity index (χ4v) is 2.26. The van der Waals surface area contributed by atoms with E-state index in [0.717, 1.165) is 0 Å². The van der Waals surface area contributed by atoms with Crippen LogP contribution in [0.5, 0.6) is 0 Å². The first kappa shape index (κ1) is 11.9. The summed E-state index contributed by atoms with van der Waals surface area (Å²) < 4.78 is 4.59. The molecule has 0 radical (unpaired) electrons. The third-order valence-corrected chi connectivity index (χ3v) is 2.95. The lowest BCUT2D eigenvalue weighted by atomic mass is 10.1. The number of carbonyl (C=O) groups is 2. The number of nitrogens with two attached hydrogens (primary N) is 1. The lowest BCUT2D eigenvalue weighted by Crippen LogP contribution is -2.32. The van der Waals surface area contributed by atoms with Crippen LogP contribution < -0.4 is 11.1 Å². The van der Waals surface area contributed by atoms with E-state index in [1.165, 1.54) is 11.8 Å². The van der Waals surface area contributed by atoms with Crippen molar-refractivity contribution < 1.29 is 14.3 Å². The molecule has 2 amide bonds. The molecule has 6 heteroatoms. The fraction of sp³-hybridized carbons (Fsp3) is 0.556. The quantitative estimate of drug-likeness (QED) is 0.738. The summed E-state index contributed by atoms with van der Waals surface area (Å²) in [5.41, 5.74) is 6.12. The van der Waals surface area contributed by atoms with Crippen molar-refractivity contribution in [1.29, 1.82) is 0 Å². The number of amides is 2. The molecule has 1 rings (SSSR count). The van der Waals surface area contributed by atoms with Gasteiger partial charge in [-0.25, -0.2) is 4.79 Å². The summed E-state index contributed by atoms with van der Waals surface area (Å²) >= 11 is 1.44. The number of ether oxygens (including phenoxy) is 1. The lowest BCUT2D eigenvalue weighted by Gasteiger charge is -2.04. The molecule has 0 spiro atoms. The monoisotopic (exact) mass is 230 g/mol. The molecule has 1 heterocycles. The Morgan fingerprint density at radius 3 is 2.80 bits per heavy atom. The van der Waals surface area contributed by atoms with Gasteiger partial charge in [-0.2, -0.15) is 0 Å². The van der Waals surface area contributed by atoms with Crippen molar-refractivity contribution in [3.8, 4) is 0 Å². The molecule has 1 aliphatic rings. The van der Waals surface area contributed by atoms with Crippen LogP contribution in [0.2, 0.25) is 0 Å². The normalized spacial score (nSPS) is 20.3. The highest BCUT2D eigenvalue weighted by Gasteiger charge is 2.26. The SMILES string of the molecule is CCOC(=O)NC(=O)C1=C(N)SC(C)C1. The molecule has 0 saturated carbocycles. The van der Waals surface area contributed by atoms with Crippen LogP contribution in [0.1, 0.15) is 20.3 Å². The molecule has 0 aliphatic carbocycles. The van der Waals surface area contributed by atoms with Gasteiger partial charge in [0.05, 0.1) is 11.6 Å². The van der Waals surface area contributed by atoms with E-state index in [1.54, 1.807) is 6.92 Å². The minimum Gasteiger partial charge on any atom is -0.450 e. The minimum absolute atomic E-state index is 0.235. The summed E-state index contributed by atoms with van der Waals surface area (Å²) in [6.07, 6.45) is -0.144. The Morgan fingerprint density at radius 2 is 2.33 bits per heavy atom. The van der Waals surface area contributed by atoms with Gasteiger partial charge in [-0.1, -0.05) is 6.92 Å². The van der Waals surface area contributed by atoms with E-state index in [9.17, 15) is 9.59 Å². The Balaban J connectivity index is 2.54. The zero-order valence-electron chi connectivity index (χ0n) is 8.70. The summed E-state index contributed by atoms with van der Waals surface area (Å²) in [7, 11) is 0. The molecule has 1 aliphatic heterocycles. The predicted octanol–water partition coefficient (Wildman–Crippen LogP) is 0.955. The summed E-state index contributed by atoms with van der Waals surface area (Å²) in [4.78, 5) is 22.5. The first-order valence-electron chi connectivity index (χ1n) is 4.68. The Bertz CT molecular complexity index is 314. The van der Waals surface area contributed by atoms with Gasteiger partial charge in [0.15, 0.2) is 0 Å². The van der Waals surface area contributed by atoms with Gasteiger partial charge in [-0.3, -0.25) is 10.1 Å². The summed E-state index contributed by atoms with van der Waals surface area (Å²) in [5.74, 6) is -0.456. The second-order valence-electron chi connectivity index (χ2n) is 3.15. The minimum atomic E-state index is -0.729. The highest BCUT2D eigenvalue weighted by Crippen LogP contribution is 2.33. The number of thioether (sulfide) groups is 1. The van der Waals surface area contributed by atoms with Crippen molar-refractivity contribution in [3.05, 3.63) is 10.6 Å². The number of carbonyl (C=O) groups excluding carboxylic acids is 2. The van der Waals surface area contributed by atoms with Gasteiger partial charge in [-0.15, -0.1) is 11.8 Å². The first-order valence-corrected chi connectivity index (χ1v) is 5.56. The Kier molecular flexibility index (Phi) is 4.02. The highest BCUT2D eigenvalue weighted by molar-refractivity contribution is 8.03. The van der Waals surface area contributed by atoms with Gasteiger partial charge in [0.2, 0.25) is 0 Å². The van der Waals surface area contributed by atoms with Gasteiger partial charge in [0, 0.05) is 10.8 Å². The Labute approximate surface area is 92.4 Å². The zero-order valence-corrected chi connectivity index (χ0v) is 9.52. The van der Waals surface area contributed by atoms with Crippen molar-refractivity contribution >= 4 is 23.8 Å². The molecule has 0 aromatic rings. The molecule has 84 valence electrons. The Hall–Kier alpha value is -1.17. The summed E-state index contributed by atoms with van der Waals surface area (Å²) in [6, 6.07) is 0. The van der Waals surface area contributed by atoms with E-state index in [-0.39, 0.29) is 11.9 Å². The molecule has 0 aromatic heterocycles. The maximum atomic E-state index is 11.5. The van der Waals surface area contributed by atoms with Crippen LogP contribution in [-0.2, 0) is 9.53 Å². The van der Waals surface area contributed by atoms with E-state index in [4.69, 9.17) is 5.73 Å². The number of alkyl carbamates (subject to hydrolysis) is 1. The Morgan fingerprint density at radius 1 is 1.67 bits per heavy atom. The second kappa shape index (κ2) is 5.06. The number of nitrogens with one attached hydrogen (secondary N) is 1. The fourth-order valence-electron chi connectivity index (χ4n) is 1.26. The smallest absolute Gasteiger partial charge is 0.414 e. The van der Waals surface area contributed by atoms with Crippen LogP contribution in [0.15, 0.2) is 10.6 Å². The maximum absolute atomic E-state index is 11.5. The second-order valence-corrected chi connectivity index (χ2v) is 4.63. The van der Waals surface area contributed by atoms with E-state index in [0.29, 0.717) is 17.0 Å². The van der Waals surface area contributed by atoms with Gasteiger partial charge in [0.25, 0.3) is 5.91 Å². The molecular weight excluding hydrogens is 216 g/mol. The van der Waals surface area contributed by atoms with Gasteiger partial charge >= 0.3 is 6.09 Å². The first-order chi connectivity index (χ1) is 7.04. The third kappa shape index (κ3) is 3.16. The van der Waals surface area contributed by atoms with Crippen molar-refractivity contribution in [2.45, 2.75) is 25.5 Å². The van der Waals surface area contributed by atoms with Crippen molar-refractivity contribution in [1.82, 2.24) is 5.32 Å². The van der Waals surface area contributed by atoms with Crippen LogP contribution >= 0.6 is 11.8 Å². The average molecular weight is 230 g/mol. The van der Waals surface area contributed by atoms with E-state index >= 15 is 0 Å².